The number of hydrogen-bond donors (Lipinski definition) is 1. The lowest BCUT2D eigenvalue weighted by molar-refractivity contribution is 0.576. The van der Waals surface area contributed by atoms with Crippen LogP contribution in [-0.4, -0.2) is 28.5 Å². The Labute approximate surface area is 76.9 Å². The molecule has 1 aliphatic rings. The highest BCUT2D eigenvalue weighted by Gasteiger charge is 2.13. The highest BCUT2D eigenvalue weighted by Crippen LogP contribution is 2.22. The van der Waals surface area contributed by atoms with Crippen LogP contribution in [0.1, 0.15) is 19.3 Å². The Morgan fingerprint density at radius 2 is 2.00 bits per heavy atom. The topological polar surface area (TPSA) is 67.9 Å². The van der Waals surface area contributed by atoms with Gasteiger partial charge in [-0.15, -0.1) is 10.2 Å². The van der Waals surface area contributed by atoms with Crippen LogP contribution >= 0.6 is 0 Å². The molecule has 5 nitrogen and oxygen atoms in total. The predicted octanol–water partition coefficient (Wildman–Crippen LogP) is 0.444. The molecule has 0 saturated carbocycles. The molecule has 0 bridgehead atoms. The van der Waals surface area contributed by atoms with E-state index in [0.29, 0.717) is 5.82 Å². The van der Waals surface area contributed by atoms with Gasteiger partial charge in [-0.2, -0.15) is 0 Å². The van der Waals surface area contributed by atoms with Gasteiger partial charge >= 0.3 is 0 Å². The maximum atomic E-state index is 5.70. The summed E-state index contributed by atoms with van der Waals surface area (Å²) in [5.41, 5.74) is 6.62. The summed E-state index contributed by atoms with van der Waals surface area (Å²) in [4.78, 5) is 2.22. The molecular weight excluding hydrogens is 166 g/mol. The van der Waals surface area contributed by atoms with Crippen molar-refractivity contribution in [3.8, 4) is 0 Å². The number of nitrogen functional groups attached to an aromatic ring is 1. The van der Waals surface area contributed by atoms with E-state index in [0.717, 1.165) is 18.8 Å². The van der Waals surface area contributed by atoms with Gasteiger partial charge in [-0.05, 0) is 24.5 Å². The van der Waals surface area contributed by atoms with Crippen molar-refractivity contribution >= 4 is 11.5 Å². The van der Waals surface area contributed by atoms with Gasteiger partial charge in [0.05, 0.1) is 6.20 Å². The van der Waals surface area contributed by atoms with Crippen LogP contribution in [0, 0.1) is 0 Å². The van der Waals surface area contributed by atoms with Crippen LogP contribution in [0.15, 0.2) is 6.20 Å². The summed E-state index contributed by atoms with van der Waals surface area (Å²) in [7, 11) is 0. The van der Waals surface area contributed by atoms with Crippen molar-refractivity contribution in [2.45, 2.75) is 19.3 Å². The van der Waals surface area contributed by atoms with Crippen LogP contribution in [0.5, 0.6) is 0 Å². The Hall–Kier alpha value is -1.39. The Kier molecular flexibility index (Phi) is 2.25. The van der Waals surface area contributed by atoms with Crippen LogP contribution in [0.25, 0.3) is 0 Å². The zero-order valence-corrected chi connectivity index (χ0v) is 7.48. The van der Waals surface area contributed by atoms with Gasteiger partial charge in [-0.3, -0.25) is 0 Å². The van der Waals surface area contributed by atoms with E-state index in [2.05, 4.69) is 20.3 Å². The number of hydrogen-bond acceptors (Lipinski definition) is 5. The fraction of sp³-hybridized carbons (Fsp3) is 0.625. The highest BCUT2D eigenvalue weighted by molar-refractivity contribution is 5.61. The van der Waals surface area contributed by atoms with Gasteiger partial charge in [0, 0.05) is 13.1 Å². The van der Waals surface area contributed by atoms with Crippen molar-refractivity contribution in [2.75, 3.05) is 23.7 Å². The van der Waals surface area contributed by atoms with E-state index in [9.17, 15) is 0 Å². The van der Waals surface area contributed by atoms with Gasteiger partial charge in [-0.25, -0.2) is 0 Å². The van der Waals surface area contributed by atoms with Crippen LogP contribution in [0.4, 0.5) is 11.5 Å². The van der Waals surface area contributed by atoms with Crippen LogP contribution in [-0.2, 0) is 0 Å². The van der Waals surface area contributed by atoms with E-state index in [1.165, 1.54) is 19.3 Å². The van der Waals surface area contributed by atoms with Gasteiger partial charge in [0.2, 0.25) is 0 Å². The normalized spacial score (nSPS) is 17.4. The summed E-state index contributed by atoms with van der Waals surface area (Å²) in [6, 6.07) is 0. The van der Waals surface area contributed by atoms with Crippen molar-refractivity contribution in [3.05, 3.63) is 6.20 Å². The number of piperidine rings is 1. The Bertz CT molecular complexity index is 282. The number of nitrogens with zero attached hydrogens (tertiary/aromatic N) is 4. The van der Waals surface area contributed by atoms with E-state index in [1.54, 1.807) is 6.20 Å². The lowest BCUT2D eigenvalue weighted by Gasteiger charge is -2.28. The largest absolute Gasteiger partial charge is 0.380 e. The van der Waals surface area contributed by atoms with E-state index in [-0.39, 0.29) is 0 Å². The predicted molar refractivity (Wildman–Crippen MR) is 50.3 cm³/mol. The Morgan fingerprint density at radius 3 is 2.69 bits per heavy atom. The van der Waals surface area contributed by atoms with Gasteiger partial charge < -0.3 is 10.6 Å². The molecule has 2 rings (SSSR count). The SMILES string of the molecule is Nc1nnncc1N1CCCCC1. The first kappa shape index (κ1) is 8.22. The second-order valence-corrected chi connectivity index (χ2v) is 3.25. The number of nitrogens with two attached hydrogens (primary N) is 1. The smallest absolute Gasteiger partial charge is 0.173 e. The second kappa shape index (κ2) is 3.55. The van der Waals surface area contributed by atoms with Crippen LogP contribution in [0.2, 0.25) is 0 Å². The molecular formula is C8H13N5. The van der Waals surface area contributed by atoms with Crippen LogP contribution in [0.3, 0.4) is 0 Å². The zero-order valence-electron chi connectivity index (χ0n) is 7.48. The molecule has 0 aromatic carbocycles. The molecule has 1 aliphatic heterocycles. The number of anilines is 2. The molecule has 0 spiro atoms. The highest BCUT2D eigenvalue weighted by atomic mass is 15.3. The van der Waals surface area contributed by atoms with E-state index in [1.807, 2.05) is 0 Å². The lowest BCUT2D eigenvalue weighted by atomic mass is 10.1. The molecule has 1 fully saturated rings. The van der Waals surface area contributed by atoms with E-state index >= 15 is 0 Å². The second-order valence-electron chi connectivity index (χ2n) is 3.25. The molecule has 13 heavy (non-hydrogen) atoms. The fourth-order valence-electron chi connectivity index (χ4n) is 1.65. The first-order valence-corrected chi connectivity index (χ1v) is 4.57. The maximum Gasteiger partial charge on any atom is 0.173 e. The minimum absolute atomic E-state index is 0.483. The van der Waals surface area contributed by atoms with Gasteiger partial charge in [0.25, 0.3) is 0 Å². The summed E-state index contributed by atoms with van der Waals surface area (Å²) < 4.78 is 0. The molecule has 0 atom stereocenters. The maximum absolute atomic E-state index is 5.70. The summed E-state index contributed by atoms with van der Waals surface area (Å²) in [5.74, 6) is 0.483. The zero-order chi connectivity index (χ0) is 9.10. The van der Waals surface area contributed by atoms with Gasteiger partial charge in [-0.1, -0.05) is 0 Å². The summed E-state index contributed by atoms with van der Waals surface area (Å²) in [6.45, 7) is 2.11. The van der Waals surface area contributed by atoms with Gasteiger partial charge in [0.1, 0.15) is 5.69 Å². The first-order valence-electron chi connectivity index (χ1n) is 4.57. The molecule has 0 radical (unpaired) electrons. The average molecular weight is 179 g/mol. The third-order valence-corrected chi connectivity index (χ3v) is 2.34. The van der Waals surface area contributed by atoms with Crippen molar-refractivity contribution in [1.82, 2.24) is 15.4 Å². The minimum atomic E-state index is 0.483. The quantitative estimate of drug-likeness (QED) is 0.677. The minimum Gasteiger partial charge on any atom is -0.380 e. The third kappa shape index (κ3) is 1.68. The standard InChI is InChI=1S/C8H13N5/c9-8-7(6-10-12-11-8)13-4-2-1-3-5-13/h6H,1-5H2,(H2,9,10,11). The molecule has 2 N–H and O–H groups in total. The summed E-state index contributed by atoms with van der Waals surface area (Å²) in [5, 5.41) is 11.0. The summed E-state index contributed by atoms with van der Waals surface area (Å²) >= 11 is 0. The molecule has 70 valence electrons. The van der Waals surface area contributed by atoms with Crippen LogP contribution < -0.4 is 10.6 Å². The third-order valence-electron chi connectivity index (χ3n) is 2.34. The Balaban J connectivity index is 2.18. The van der Waals surface area contributed by atoms with Gasteiger partial charge in [0.15, 0.2) is 5.82 Å². The molecule has 0 unspecified atom stereocenters. The first-order chi connectivity index (χ1) is 6.38. The molecule has 1 aromatic rings. The van der Waals surface area contributed by atoms with Crippen molar-refractivity contribution in [3.63, 3.8) is 0 Å². The number of aromatic nitrogens is 3. The summed E-state index contributed by atoms with van der Waals surface area (Å²) in [6.07, 6.45) is 5.44. The fourth-order valence-corrected chi connectivity index (χ4v) is 1.65. The monoisotopic (exact) mass is 179 g/mol. The average Bonchev–Trinajstić information content (AvgIpc) is 2.20. The van der Waals surface area contributed by atoms with E-state index < -0.39 is 0 Å². The van der Waals surface area contributed by atoms with Crippen molar-refractivity contribution < 1.29 is 0 Å². The molecule has 0 amide bonds. The van der Waals surface area contributed by atoms with Crippen molar-refractivity contribution in [2.24, 2.45) is 0 Å². The molecule has 1 aromatic heterocycles. The van der Waals surface area contributed by atoms with E-state index in [4.69, 9.17) is 5.73 Å². The molecule has 0 aliphatic carbocycles. The lowest BCUT2D eigenvalue weighted by Crippen LogP contribution is -2.30. The van der Waals surface area contributed by atoms with Crippen molar-refractivity contribution in [1.29, 1.82) is 0 Å². The molecule has 5 heteroatoms. The molecule has 1 saturated heterocycles. The number of rotatable bonds is 1. The molecule has 2 heterocycles. The Morgan fingerprint density at radius 1 is 1.23 bits per heavy atom.